The summed E-state index contributed by atoms with van der Waals surface area (Å²) in [5, 5.41) is 10.5. The lowest BCUT2D eigenvalue weighted by Crippen LogP contribution is -2.61. The number of amides is 1. The molecule has 1 saturated carbocycles. The first-order chi connectivity index (χ1) is 14.0. The van der Waals surface area contributed by atoms with Crippen LogP contribution >= 0.6 is 0 Å². The maximum absolute atomic E-state index is 15.3. The lowest BCUT2D eigenvalue weighted by Gasteiger charge is -2.41. The zero-order valence-electron chi connectivity index (χ0n) is 15.1. The molecule has 12 heteroatoms. The third kappa shape index (κ3) is 3.25. The number of carboxylic acids is 1. The second-order valence-electron chi connectivity index (χ2n) is 7.31. The summed E-state index contributed by atoms with van der Waals surface area (Å²) in [6.45, 7) is -0.524. The highest BCUT2D eigenvalue weighted by Gasteiger charge is 2.42. The van der Waals surface area contributed by atoms with Crippen LogP contribution in [0.4, 0.5) is 27.6 Å². The fourth-order valence-electron chi connectivity index (χ4n) is 3.53. The number of hydrogen-bond donors (Lipinski definition) is 2. The molecule has 1 aromatic heterocycles. The van der Waals surface area contributed by atoms with Gasteiger partial charge in [0.2, 0.25) is 5.43 Å². The molecule has 1 aliphatic carbocycles. The van der Waals surface area contributed by atoms with Crippen molar-refractivity contribution in [2.45, 2.75) is 31.1 Å². The fraction of sp³-hybridized carbons (Fsp3) is 0.389. The summed E-state index contributed by atoms with van der Waals surface area (Å²) in [5.74, 6) is -5.92. The number of pyridine rings is 1. The normalized spacial score (nSPS) is 17.2. The van der Waals surface area contributed by atoms with Gasteiger partial charge in [0.15, 0.2) is 5.82 Å². The quantitative estimate of drug-likeness (QED) is 0.725. The van der Waals surface area contributed by atoms with Gasteiger partial charge < -0.3 is 19.9 Å². The third-order valence-electron chi connectivity index (χ3n) is 5.14. The van der Waals surface area contributed by atoms with Crippen molar-refractivity contribution in [2.75, 3.05) is 18.0 Å². The van der Waals surface area contributed by atoms with Gasteiger partial charge in [-0.2, -0.15) is 13.2 Å². The molecule has 0 bridgehead atoms. The Morgan fingerprint density at radius 2 is 1.80 bits per heavy atom. The molecule has 2 fully saturated rings. The van der Waals surface area contributed by atoms with Gasteiger partial charge in [-0.3, -0.25) is 9.59 Å². The van der Waals surface area contributed by atoms with Crippen LogP contribution in [0.3, 0.4) is 0 Å². The summed E-state index contributed by atoms with van der Waals surface area (Å²) < 4.78 is 68.2. The highest BCUT2D eigenvalue weighted by Crippen LogP contribution is 2.40. The number of hydrogen-bond acceptors (Lipinski definition) is 4. The molecule has 160 valence electrons. The molecule has 1 amide bonds. The SMILES string of the molecule is O=C(O)c1cn(C2CC2)c2c(F)c(N3CC(NC(=O)C(F)(F)F)C3)c(F)cc2c1=O. The first-order valence-corrected chi connectivity index (χ1v) is 8.91. The fourth-order valence-corrected chi connectivity index (χ4v) is 3.53. The average molecular weight is 431 g/mol. The van der Waals surface area contributed by atoms with E-state index >= 15 is 4.39 Å². The Bertz CT molecular complexity index is 1130. The molecule has 4 rings (SSSR count). The van der Waals surface area contributed by atoms with E-state index < -0.39 is 57.8 Å². The Balaban J connectivity index is 1.72. The number of alkyl halides is 3. The smallest absolute Gasteiger partial charge is 0.471 e. The maximum atomic E-state index is 15.3. The summed E-state index contributed by atoms with van der Waals surface area (Å²) in [7, 11) is 0. The molecule has 0 unspecified atom stereocenters. The number of fused-ring (bicyclic) bond motifs is 1. The van der Waals surface area contributed by atoms with Crippen LogP contribution in [0.5, 0.6) is 0 Å². The minimum atomic E-state index is -5.07. The van der Waals surface area contributed by atoms with Gasteiger partial charge >= 0.3 is 18.1 Å². The lowest BCUT2D eigenvalue weighted by atomic mass is 10.0. The number of aromatic nitrogens is 1. The highest BCUT2D eigenvalue weighted by atomic mass is 19.4. The van der Waals surface area contributed by atoms with Crippen LogP contribution < -0.4 is 15.6 Å². The van der Waals surface area contributed by atoms with Gasteiger partial charge in [-0.05, 0) is 18.9 Å². The average Bonchev–Trinajstić information content (AvgIpc) is 3.43. The van der Waals surface area contributed by atoms with E-state index in [1.807, 2.05) is 0 Å². The van der Waals surface area contributed by atoms with Crippen LogP contribution in [0.15, 0.2) is 17.1 Å². The molecule has 1 aliphatic heterocycles. The summed E-state index contributed by atoms with van der Waals surface area (Å²) in [6.07, 6.45) is -2.79. The molecule has 30 heavy (non-hydrogen) atoms. The first kappa shape index (κ1) is 20.1. The van der Waals surface area contributed by atoms with E-state index in [9.17, 15) is 37.1 Å². The van der Waals surface area contributed by atoms with Crippen LogP contribution in [0, 0.1) is 11.6 Å². The number of nitrogens with zero attached hydrogens (tertiary/aromatic N) is 2. The molecule has 0 spiro atoms. The first-order valence-electron chi connectivity index (χ1n) is 8.91. The lowest BCUT2D eigenvalue weighted by molar-refractivity contribution is -0.174. The molecule has 2 aromatic rings. The van der Waals surface area contributed by atoms with Crippen LogP contribution in [0.2, 0.25) is 0 Å². The van der Waals surface area contributed by atoms with Gasteiger partial charge in [0, 0.05) is 25.3 Å². The summed E-state index contributed by atoms with van der Waals surface area (Å²) in [6, 6.07) is -0.453. The Morgan fingerprint density at radius 1 is 1.17 bits per heavy atom. The maximum Gasteiger partial charge on any atom is 0.471 e. The zero-order chi connectivity index (χ0) is 22.0. The summed E-state index contributed by atoms with van der Waals surface area (Å²) >= 11 is 0. The Kier molecular flexibility index (Phi) is 4.47. The van der Waals surface area contributed by atoms with Crippen LogP contribution in [0.25, 0.3) is 10.9 Å². The molecule has 7 nitrogen and oxygen atoms in total. The molecule has 2 N–H and O–H groups in total. The number of carbonyl (C=O) groups is 2. The number of carbonyl (C=O) groups excluding carboxylic acids is 1. The van der Waals surface area contributed by atoms with Gasteiger partial charge in [0.25, 0.3) is 0 Å². The molecule has 1 saturated heterocycles. The Hall–Kier alpha value is -3.18. The van der Waals surface area contributed by atoms with Crippen molar-refractivity contribution < 1.29 is 36.6 Å². The van der Waals surface area contributed by atoms with Crippen molar-refractivity contribution in [2.24, 2.45) is 0 Å². The molecular weight excluding hydrogens is 417 g/mol. The van der Waals surface area contributed by atoms with Crippen molar-refractivity contribution >= 4 is 28.5 Å². The number of nitrogens with one attached hydrogen (secondary N) is 1. The molecule has 0 radical (unpaired) electrons. The van der Waals surface area contributed by atoms with Crippen molar-refractivity contribution in [1.82, 2.24) is 9.88 Å². The molecule has 1 aromatic carbocycles. The van der Waals surface area contributed by atoms with Crippen molar-refractivity contribution in [3.8, 4) is 0 Å². The van der Waals surface area contributed by atoms with E-state index in [2.05, 4.69) is 0 Å². The van der Waals surface area contributed by atoms with E-state index in [1.165, 1.54) is 4.57 Å². The second kappa shape index (κ2) is 6.67. The van der Waals surface area contributed by atoms with E-state index in [-0.39, 0.29) is 24.6 Å². The van der Waals surface area contributed by atoms with Crippen molar-refractivity contribution in [3.63, 3.8) is 0 Å². The number of rotatable bonds is 4. The van der Waals surface area contributed by atoms with E-state index in [0.29, 0.717) is 12.8 Å². The Morgan fingerprint density at radius 3 is 2.33 bits per heavy atom. The number of benzene rings is 1. The largest absolute Gasteiger partial charge is 0.477 e. The molecular formula is C18H14F5N3O4. The van der Waals surface area contributed by atoms with Crippen LogP contribution in [0.1, 0.15) is 29.2 Å². The van der Waals surface area contributed by atoms with Crippen LogP contribution in [-0.2, 0) is 4.79 Å². The highest BCUT2D eigenvalue weighted by molar-refractivity contribution is 5.94. The molecule has 2 aliphatic rings. The molecule has 2 heterocycles. The number of halogens is 5. The Labute approximate surface area is 164 Å². The third-order valence-corrected chi connectivity index (χ3v) is 5.14. The topological polar surface area (TPSA) is 91.6 Å². The number of aromatic carboxylic acids is 1. The summed E-state index contributed by atoms with van der Waals surface area (Å²) in [4.78, 5) is 35.8. The molecule has 0 atom stereocenters. The van der Waals surface area contributed by atoms with E-state index in [0.717, 1.165) is 17.2 Å². The van der Waals surface area contributed by atoms with Gasteiger partial charge in [-0.25, -0.2) is 13.6 Å². The minimum absolute atomic E-state index is 0.241. The monoisotopic (exact) mass is 431 g/mol. The predicted molar refractivity (Wildman–Crippen MR) is 93.6 cm³/mol. The number of carboxylic acid groups (broad SMARTS) is 1. The van der Waals surface area contributed by atoms with E-state index in [4.69, 9.17) is 0 Å². The zero-order valence-corrected chi connectivity index (χ0v) is 15.1. The van der Waals surface area contributed by atoms with Crippen molar-refractivity contribution in [1.29, 1.82) is 0 Å². The summed E-state index contributed by atoms with van der Waals surface area (Å²) in [5.41, 5.74) is -2.44. The van der Waals surface area contributed by atoms with Gasteiger partial charge in [0.1, 0.15) is 17.1 Å². The standard InChI is InChI=1S/C18H14F5N3O4/c19-11-3-9-13(26(8-1-2-8)6-10(15(9)27)16(28)29)12(20)14(11)25-4-7(5-25)24-17(30)18(21,22)23/h3,6-8H,1-2,4-5H2,(H,24,30)(H,28,29). The second-order valence-corrected chi connectivity index (χ2v) is 7.31. The number of anilines is 1. The van der Waals surface area contributed by atoms with E-state index in [1.54, 1.807) is 5.32 Å². The predicted octanol–water partition coefficient (Wildman–Crippen LogP) is 2.18. The van der Waals surface area contributed by atoms with Gasteiger partial charge in [0.05, 0.1) is 16.9 Å². The van der Waals surface area contributed by atoms with Gasteiger partial charge in [-0.1, -0.05) is 0 Å². The van der Waals surface area contributed by atoms with Crippen molar-refractivity contribution in [3.05, 3.63) is 39.7 Å². The minimum Gasteiger partial charge on any atom is -0.477 e. The van der Waals surface area contributed by atoms with Gasteiger partial charge in [-0.15, -0.1) is 0 Å². The van der Waals surface area contributed by atoms with Crippen LogP contribution in [-0.4, -0.2) is 46.9 Å².